The molecule has 138 valence electrons. The first-order valence-corrected chi connectivity index (χ1v) is 7.98. The minimum atomic E-state index is -0.867. The van der Waals surface area contributed by atoms with Gasteiger partial charge >= 0.3 is 5.63 Å². The Kier molecular flexibility index (Phi) is 6.07. The van der Waals surface area contributed by atoms with Gasteiger partial charge in [0.25, 0.3) is 5.91 Å². The summed E-state index contributed by atoms with van der Waals surface area (Å²) in [6, 6.07) is 5.11. The van der Waals surface area contributed by atoms with Crippen molar-refractivity contribution in [3.05, 3.63) is 45.8 Å². The zero-order valence-electron chi connectivity index (χ0n) is 14.3. The van der Waals surface area contributed by atoms with Gasteiger partial charge in [-0.3, -0.25) is 19.9 Å². The van der Waals surface area contributed by atoms with Gasteiger partial charge in [0.15, 0.2) is 5.96 Å². The number of nitrogens with zero attached hydrogens (tertiary/aromatic N) is 1. The Bertz CT molecular complexity index is 915. The number of benzene rings is 1. The van der Waals surface area contributed by atoms with Gasteiger partial charge in [-0.25, -0.2) is 4.79 Å². The molecule has 2 aromatic rings. The quantitative estimate of drug-likeness (QED) is 0.238. The maximum Gasteiger partial charge on any atom is 0.336 e. The molecule has 0 saturated heterocycles. The summed E-state index contributed by atoms with van der Waals surface area (Å²) in [5, 5.41) is 2.94. The van der Waals surface area contributed by atoms with Crippen LogP contribution in [-0.4, -0.2) is 30.4 Å². The largest absolute Gasteiger partial charge is 0.423 e. The van der Waals surface area contributed by atoms with E-state index < -0.39 is 23.5 Å². The first-order valence-electron chi connectivity index (χ1n) is 7.98. The van der Waals surface area contributed by atoms with Crippen molar-refractivity contribution < 1.29 is 14.0 Å². The van der Waals surface area contributed by atoms with E-state index in [1.54, 1.807) is 19.1 Å². The van der Waals surface area contributed by atoms with Gasteiger partial charge in [-0.2, -0.15) is 0 Å². The van der Waals surface area contributed by atoms with E-state index in [2.05, 4.69) is 10.3 Å². The smallest absolute Gasteiger partial charge is 0.336 e. The number of hydrogen-bond acceptors (Lipinski definition) is 6. The van der Waals surface area contributed by atoms with Gasteiger partial charge in [0, 0.05) is 23.6 Å². The number of guanidine groups is 1. The molecule has 0 bridgehead atoms. The predicted molar refractivity (Wildman–Crippen MR) is 97.6 cm³/mol. The predicted octanol–water partition coefficient (Wildman–Crippen LogP) is -0.261. The van der Waals surface area contributed by atoms with Crippen molar-refractivity contribution in [2.24, 2.45) is 22.2 Å². The van der Waals surface area contributed by atoms with Crippen LogP contribution in [0.1, 0.15) is 28.8 Å². The van der Waals surface area contributed by atoms with E-state index in [4.69, 9.17) is 21.6 Å². The lowest BCUT2D eigenvalue weighted by molar-refractivity contribution is -0.121. The van der Waals surface area contributed by atoms with E-state index in [9.17, 15) is 14.4 Å². The summed E-state index contributed by atoms with van der Waals surface area (Å²) in [6.45, 7) is 2.12. The number of nitrogens with one attached hydrogen (secondary N) is 1. The number of aliphatic imine (C=N–C) groups is 1. The van der Waals surface area contributed by atoms with Gasteiger partial charge in [0.1, 0.15) is 5.58 Å². The Morgan fingerprint density at radius 3 is 2.69 bits per heavy atom. The van der Waals surface area contributed by atoms with Crippen LogP contribution >= 0.6 is 0 Å². The van der Waals surface area contributed by atoms with Crippen molar-refractivity contribution in [1.82, 2.24) is 5.32 Å². The van der Waals surface area contributed by atoms with Crippen LogP contribution in [0.4, 0.5) is 0 Å². The first kappa shape index (κ1) is 19.1. The monoisotopic (exact) mass is 359 g/mol. The van der Waals surface area contributed by atoms with Crippen molar-refractivity contribution in [2.45, 2.75) is 25.8 Å². The number of hydrogen-bond donors (Lipinski definition) is 4. The fraction of sp³-hybridized carbons (Fsp3) is 0.294. The Hall–Kier alpha value is -3.20. The second-order valence-corrected chi connectivity index (χ2v) is 5.83. The van der Waals surface area contributed by atoms with Gasteiger partial charge in [-0.15, -0.1) is 0 Å². The van der Waals surface area contributed by atoms with E-state index in [1.807, 2.05) is 0 Å². The summed E-state index contributed by atoms with van der Waals surface area (Å²) >= 11 is 0. The second-order valence-electron chi connectivity index (χ2n) is 5.83. The molecule has 0 radical (unpaired) electrons. The molecule has 9 nitrogen and oxygen atoms in total. The zero-order valence-corrected chi connectivity index (χ0v) is 14.3. The van der Waals surface area contributed by atoms with Crippen LogP contribution in [0.3, 0.4) is 0 Å². The molecular formula is C17H21N5O4. The van der Waals surface area contributed by atoms with Crippen LogP contribution in [0.5, 0.6) is 0 Å². The lowest BCUT2D eigenvalue weighted by Gasteiger charge is -2.11. The maximum atomic E-state index is 12.2. The maximum absolute atomic E-state index is 12.2. The molecule has 0 aliphatic rings. The Morgan fingerprint density at radius 2 is 2.00 bits per heavy atom. The van der Waals surface area contributed by atoms with Crippen LogP contribution in [-0.2, 0) is 4.79 Å². The Labute approximate surface area is 149 Å². The van der Waals surface area contributed by atoms with E-state index in [0.29, 0.717) is 24.8 Å². The average Bonchev–Trinajstić information content (AvgIpc) is 2.57. The molecule has 26 heavy (non-hydrogen) atoms. The molecule has 1 aromatic carbocycles. The van der Waals surface area contributed by atoms with Gasteiger partial charge in [0.2, 0.25) is 5.91 Å². The van der Waals surface area contributed by atoms with Gasteiger partial charge in [0.05, 0.1) is 6.04 Å². The summed E-state index contributed by atoms with van der Waals surface area (Å²) in [4.78, 5) is 39.5. The van der Waals surface area contributed by atoms with E-state index in [1.165, 1.54) is 12.1 Å². The summed E-state index contributed by atoms with van der Waals surface area (Å²) in [6.07, 6.45) is 0.822. The topological polar surface area (TPSA) is 167 Å². The molecule has 9 heteroatoms. The van der Waals surface area contributed by atoms with Crippen molar-refractivity contribution in [2.75, 3.05) is 6.54 Å². The van der Waals surface area contributed by atoms with Crippen molar-refractivity contribution >= 4 is 28.7 Å². The van der Waals surface area contributed by atoms with Gasteiger partial charge in [-0.1, -0.05) is 6.07 Å². The highest BCUT2D eigenvalue weighted by Crippen LogP contribution is 2.18. The number of aryl methyl sites for hydroxylation is 1. The highest BCUT2D eigenvalue weighted by atomic mass is 16.4. The highest BCUT2D eigenvalue weighted by molar-refractivity contribution is 6.07. The average molecular weight is 359 g/mol. The number of carbonyl (C=O) groups excluding carboxylic acids is 2. The van der Waals surface area contributed by atoms with Gasteiger partial charge < -0.3 is 21.6 Å². The van der Waals surface area contributed by atoms with Crippen LogP contribution in [0.25, 0.3) is 11.0 Å². The van der Waals surface area contributed by atoms with E-state index in [-0.39, 0.29) is 17.1 Å². The number of carbonyl (C=O) groups is 2. The third kappa shape index (κ3) is 4.90. The molecule has 2 amide bonds. The number of imide groups is 1. The highest BCUT2D eigenvalue weighted by Gasteiger charge is 2.17. The summed E-state index contributed by atoms with van der Waals surface area (Å²) < 4.78 is 5.09. The molecule has 0 aliphatic heterocycles. The molecule has 0 fully saturated rings. The summed E-state index contributed by atoms with van der Waals surface area (Å²) in [5.41, 5.74) is 16.9. The first-order chi connectivity index (χ1) is 12.3. The number of amides is 2. The fourth-order valence-corrected chi connectivity index (χ4v) is 2.39. The SMILES string of the molecule is Cc1cc(=O)oc2cc(C(=O)NC(=O)[C@@H](N)CCCN=C(N)N)ccc12. The molecule has 0 saturated carbocycles. The van der Waals surface area contributed by atoms with Crippen molar-refractivity contribution in [1.29, 1.82) is 0 Å². The molecule has 2 rings (SSSR count). The van der Waals surface area contributed by atoms with Crippen molar-refractivity contribution in [3.63, 3.8) is 0 Å². The normalized spacial score (nSPS) is 11.8. The standard InChI is InChI=1S/C17H21N5O4/c1-9-7-14(23)26-13-8-10(4-5-11(9)13)15(24)22-16(25)12(18)3-2-6-21-17(19)20/h4-5,7-8,12H,2-3,6,18H2,1H3,(H4,19,20,21)(H,22,24,25)/t12-/m0/s1. The molecule has 1 heterocycles. The third-order valence-electron chi connectivity index (χ3n) is 3.75. The fourth-order valence-electron chi connectivity index (χ4n) is 2.39. The zero-order chi connectivity index (χ0) is 19.3. The summed E-state index contributed by atoms with van der Waals surface area (Å²) in [5.74, 6) is -1.26. The molecule has 1 aromatic heterocycles. The van der Waals surface area contributed by atoms with Crippen LogP contribution in [0.2, 0.25) is 0 Å². The lowest BCUT2D eigenvalue weighted by Crippen LogP contribution is -2.43. The Morgan fingerprint density at radius 1 is 1.27 bits per heavy atom. The molecule has 1 atom stereocenters. The minimum absolute atomic E-state index is 0.0311. The van der Waals surface area contributed by atoms with Crippen molar-refractivity contribution in [3.8, 4) is 0 Å². The molecular weight excluding hydrogens is 338 g/mol. The number of nitrogens with two attached hydrogens (primary N) is 3. The molecule has 7 N–H and O–H groups in total. The number of rotatable bonds is 6. The Balaban J connectivity index is 2.02. The van der Waals surface area contributed by atoms with Crippen LogP contribution < -0.4 is 28.1 Å². The van der Waals surface area contributed by atoms with Gasteiger partial charge in [-0.05, 0) is 37.5 Å². The molecule has 0 aliphatic carbocycles. The third-order valence-corrected chi connectivity index (χ3v) is 3.75. The second kappa shape index (κ2) is 8.26. The number of fused-ring (bicyclic) bond motifs is 1. The van der Waals surface area contributed by atoms with Crippen LogP contribution in [0, 0.1) is 6.92 Å². The minimum Gasteiger partial charge on any atom is -0.423 e. The van der Waals surface area contributed by atoms with E-state index in [0.717, 1.165) is 5.56 Å². The van der Waals surface area contributed by atoms with Crippen LogP contribution in [0.15, 0.2) is 38.5 Å². The summed E-state index contributed by atoms with van der Waals surface area (Å²) in [7, 11) is 0. The van der Waals surface area contributed by atoms with E-state index >= 15 is 0 Å². The molecule has 0 unspecified atom stereocenters. The molecule has 0 spiro atoms. The lowest BCUT2D eigenvalue weighted by atomic mass is 10.1.